The molecule has 2 nitrogen and oxygen atoms in total. The summed E-state index contributed by atoms with van der Waals surface area (Å²) < 4.78 is 0. The molecule has 0 aliphatic rings. The molecule has 0 saturated carbocycles. The average Bonchev–Trinajstić information content (AvgIpc) is 2.36. The third-order valence-electron chi connectivity index (χ3n) is 3.47. The topological polar surface area (TPSA) is 29.1 Å². The molecule has 1 N–H and O–H groups in total. The van der Waals surface area contributed by atoms with Crippen LogP contribution in [0.4, 0.5) is 0 Å². The molecule has 19 heavy (non-hydrogen) atoms. The van der Waals surface area contributed by atoms with E-state index in [0.29, 0.717) is 5.92 Å². The molecule has 0 saturated heterocycles. The van der Waals surface area contributed by atoms with Crippen LogP contribution in [0.5, 0.6) is 0 Å². The number of amides is 1. The Labute approximate surface area is 125 Å². The zero-order valence-electron chi connectivity index (χ0n) is 12.1. The predicted molar refractivity (Wildman–Crippen MR) is 85.1 cm³/mol. The van der Waals surface area contributed by atoms with Crippen molar-refractivity contribution in [3.8, 4) is 0 Å². The number of hydrogen-bond donors (Lipinski definition) is 1. The molecule has 0 fully saturated rings. The van der Waals surface area contributed by atoms with Crippen molar-refractivity contribution in [3.63, 3.8) is 0 Å². The minimum Gasteiger partial charge on any atom is -0.352 e. The van der Waals surface area contributed by atoms with E-state index >= 15 is 0 Å². The molecule has 0 radical (unpaired) electrons. The summed E-state index contributed by atoms with van der Waals surface area (Å²) in [6.07, 6.45) is 3.44. The van der Waals surface area contributed by atoms with Gasteiger partial charge >= 0.3 is 0 Å². The molecule has 0 aliphatic heterocycles. The van der Waals surface area contributed by atoms with Crippen LogP contribution >= 0.6 is 15.9 Å². The first-order chi connectivity index (χ1) is 9.10. The lowest BCUT2D eigenvalue weighted by Gasteiger charge is -2.17. The van der Waals surface area contributed by atoms with Crippen LogP contribution < -0.4 is 5.32 Å². The fourth-order valence-corrected chi connectivity index (χ4v) is 3.06. The van der Waals surface area contributed by atoms with Crippen molar-refractivity contribution >= 4 is 21.8 Å². The standard InChI is InChI=1S/C16H24BrNO/c1-4-6-14(9-10-17)11-18-16(19)15-12(2)7-5-8-13(15)3/h5,7-8,14H,4,6,9-11H2,1-3H3,(H,18,19). The van der Waals surface area contributed by atoms with E-state index in [1.807, 2.05) is 32.0 Å². The van der Waals surface area contributed by atoms with Gasteiger partial charge in [0.25, 0.3) is 5.91 Å². The maximum atomic E-state index is 12.3. The van der Waals surface area contributed by atoms with Crippen molar-refractivity contribution in [1.82, 2.24) is 5.32 Å². The maximum Gasteiger partial charge on any atom is 0.251 e. The molecule has 0 bridgehead atoms. The van der Waals surface area contributed by atoms with Gasteiger partial charge in [0.15, 0.2) is 0 Å². The molecule has 0 aromatic heterocycles. The normalized spacial score (nSPS) is 12.2. The van der Waals surface area contributed by atoms with Crippen LogP contribution in [0.1, 0.15) is 47.7 Å². The van der Waals surface area contributed by atoms with E-state index in [1.54, 1.807) is 0 Å². The first-order valence-electron chi connectivity index (χ1n) is 7.00. The molecule has 1 amide bonds. The molecular weight excluding hydrogens is 302 g/mol. The Morgan fingerprint density at radius 3 is 2.42 bits per heavy atom. The van der Waals surface area contributed by atoms with Crippen LogP contribution in [-0.2, 0) is 0 Å². The van der Waals surface area contributed by atoms with E-state index in [1.165, 1.54) is 6.42 Å². The summed E-state index contributed by atoms with van der Waals surface area (Å²) in [4.78, 5) is 12.3. The van der Waals surface area contributed by atoms with Gasteiger partial charge in [-0.1, -0.05) is 47.5 Å². The molecule has 106 valence electrons. The summed E-state index contributed by atoms with van der Waals surface area (Å²) in [5.74, 6) is 0.629. The first-order valence-corrected chi connectivity index (χ1v) is 8.12. The molecule has 0 aliphatic carbocycles. The number of carbonyl (C=O) groups excluding carboxylic acids is 1. The number of carbonyl (C=O) groups is 1. The minimum atomic E-state index is 0.0614. The maximum absolute atomic E-state index is 12.3. The molecule has 1 aromatic carbocycles. The number of halogens is 1. The van der Waals surface area contributed by atoms with Crippen LogP contribution in [0.2, 0.25) is 0 Å². The second kappa shape index (κ2) is 8.36. The van der Waals surface area contributed by atoms with Crippen LogP contribution in [-0.4, -0.2) is 17.8 Å². The number of rotatable bonds is 7. The fraction of sp³-hybridized carbons (Fsp3) is 0.562. The monoisotopic (exact) mass is 325 g/mol. The van der Waals surface area contributed by atoms with Crippen molar-refractivity contribution in [1.29, 1.82) is 0 Å². The Morgan fingerprint density at radius 2 is 1.89 bits per heavy atom. The van der Waals surface area contributed by atoms with E-state index in [2.05, 4.69) is 28.2 Å². The van der Waals surface area contributed by atoms with Gasteiger partial charge in [-0.25, -0.2) is 0 Å². The van der Waals surface area contributed by atoms with Crippen LogP contribution in [0, 0.1) is 19.8 Å². The molecule has 1 unspecified atom stereocenters. The summed E-state index contributed by atoms with van der Waals surface area (Å²) >= 11 is 3.48. The van der Waals surface area contributed by atoms with Gasteiger partial charge < -0.3 is 5.32 Å². The van der Waals surface area contributed by atoms with Gasteiger partial charge in [0, 0.05) is 17.4 Å². The summed E-state index contributed by atoms with van der Waals surface area (Å²) in [5, 5.41) is 4.09. The summed E-state index contributed by atoms with van der Waals surface area (Å²) in [5.41, 5.74) is 2.92. The van der Waals surface area contributed by atoms with Gasteiger partial charge in [-0.3, -0.25) is 4.79 Å². The second-order valence-electron chi connectivity index (χ2n) is 5.11. The Balaban J connectivity index is 2.64. The van der Waals surface area contributed by atoms with E-state index in [9.17, 15) is 4.79 Å². The van der Waals surface area contributed by atoms with Crippen molar-refractivity contribution < 1.29 is 4.79 Å². The largest absolute Gasteiger partial charge is 0.352 e. The molecule has 0 spiro atoms. The number of aryl methyl sites for hydroxylation is 2. The highest BCUT2D eigenvalue weighted by atomic mass is 79.9. The molecule has 0 heterocycles. The summed E-state index contributed by atoms with van der Waals surface area (Å²) in [6.45, 7) is 6.94. The highest BCUT2D eigenvalue weighted by Gasteiger charge is 2.14. The molecule has 1 rings (SSSR count). The highest BCUT2D eigenvalue weighted by molar-refractivity contribution is 9.09. The van der Waals surface area contributed by atoms with E-state index in [-0.39, 0.29) is 5.91 Å². The van der Waals surface area contributed by atoms with Gasteiger partial charge in [-0.2, -0.15) is 0 Å². The van der Waals surface area contributed by atoms with Crippen molar-refractivity contribution in [2.45, 2.75) is 40.0 Å². The number of hydrogen-bond acceptors (Lipinski definition) is 1. The van der Waals surface area contributed by atoms with Crippen LogP contribution in [0.3, 0.4) is 0 Å². The Hall–Kier alpha value is -0.830. The number of benzene rings is 1. The van der Waals surface area contributed by atoms with Crippen molar-refractivity contribution in [3.05, 3.63) is 34.9 Å². The summed E-state index contributed by atoms with van der Waals surface area (Å²) in [7, 11) is 0. The summed E-state index contributed by atoms with van der Waals surface area (Å²) in [6, 6.07) is 5.97. The zero-order valence-corrected chi connectivity index (χ0v) is 13.7. The van der Waals surface area contributed by atoms with E-state index in [4.69, 9.17) is 0 Å². The van der Waals surface area contributed by atoms with Gasteiger partial charge in [0.05, 0.1) is 0 Å². The first kappa shape index (κ1) is 16.2. The molecule has 1 atom stereocenters. The van der Waals surface area contributed by atoms with Gasteiger partial charge in [0.2, 0.25) is 0 Å². The second-order valence-corrected chi connectivity index (χ2v) is 5.90. The fourth-order valence-electron chi connectivity index (χ4n) is 2.41. The lowest BCUT2D eigenvalue weighted by molar-refractivity contribution is 0.0945. The lowest BCUT2D eigenvalue weighted by atomic mass is 9.99. The van der Waals surface area contributed by atoms with E-state index < -0.39 is 0 Å². The van der Waals surface area contributed by atoms with Crippen molar-refractivity contribution in [2.75, 3.05) is 11.9 Å². The third-order valence-corrected chi connectivity index (χ3v) is 3.93. The van der Waals surface area contributed by atoms with Crippen molar-refractivity contribution in [2.24, 2.45) is 5.92 Å². The van der Waals surface area contributed by atoms with Gasteiger partial charge in [-0.15, -0.1) is 0 Å². The quantitative estimate of drug-likeness (QED) is 0.746. The Kier molecular flexibility index (Phi) is 7.14. The Morgan fingerprint density at radius 1 is 1.26 bits per heavy atom. The predicted octanol–water partition coefficient (Wildman–Crippen LogP) is 4.23. The zero-order chi connectivity index (χ0) is 14.3. The van der Waals surface area contributed by atoms with Gasteiger partial charge in [-0.05, 0) is 43.7 Å². The smallest absolute Gasteiger partial charge is 0.251 e. The van der Waals surface area contributed by atoms with Gasteiger partial charge in [0.1, 0.15) is 0 Å². The minimum absolute atomic E-state index is 0.0614. The van der Waals surface area contributed by atoms with Crippen LogP contribution in [0.15, 0.2) is 18.2 Å². The number of alkyl halides is 1. The van der Waals surface area contributed by atoms with Crippen LogP contribution in [0.25, 0.3) is 0 Å². The molecule has 3 heteroatoms. The molecule has 1 aromatic rings. The van der Waals surface area contributed by atoms with E-state index in [0.717, 1.165) is 41.4 Å². The number of nitrogens with one attached hydrogen (secondary N) is 1. The molecular formula is C16H24BrNO. The highest BCUT2D eigenvalue weighted by Crippen LogP contribution is 2.15. The lowest BCUT2D eigenvalue weighted by Crippen LogP contribution is -2.30. The Bertz CT molecular complexity index is 391. The third kappa shape index (κ3) is 4.98. The SMILES string of the molecule is CCCC(CCBr)CNC(=O)c1c(C)cccc1C. The average molecular weight is 326 g/mol.